The van der Waals surface area contributed by atoms with Crippen LogP contribution in [-0.4, -0.2) is 21.5 Å². The van der Waals surface area contributed by atoms with Gasteiger partial charge in [-0.2, -0.15) is 0 Å². The maximum absolute atomic E-state index is 4.55. The maximum atomic E-state index is 4.55. The largest absolute Gasteiger partial charge is 0.370 e. The molecule has 2 aromatic rings. The van der Waals surface area contributed by atoms with E-state index in [1.165, 1.54) is 0 Å². The lowest BCUT2D eigenvalue weighted by Crippen LogP contribution is -2.05. The summed E-state index contributed by atoms with van der Waals surface area (Å²) in [6, 6.07) is 4.07. The van der Waals surface area contributed by atoms with Gasteiger partial charge in [0.2, 0.25) is 0 Å². The van der Waals surface area contributed by atoms with Crippen molar-refractivity contribution >= 4 is 5.82 Å². The standard InChI is InChI=1S/C15H20N4/c1-5-6-16-13-8-12(4)18-15(19-13)14-11(3)7-10(2)9-17-14/h7-9H,5-6H2,1-4H3,(H,16,18,19). The molecule has 0 fully saturated rings. The molecule has 0 unspecified atom stereocenters. The van der Waals surface area contributed by atoms with Crippen LogP contribution in [0.4, 0.5) is 5.82 Å². The van der Waals surface area contributed by atoms with E-state index in [-0.39, 0.29) is 0 Å². The van der Waals surface area contributed by atoms with E-state index in [0.717, 1.165) is 41.3 Å². The average Bonchev–Trinajstić information content (AvgIpc) is 2.35. The highest BCUT2D eigenvalue weighted by molar-refractivity contribution is 5.57. The van der Waals surface area contributed by atoms with Gasteiger partial charge in [-0.15, -0.1) is 0 Å². The number of hydrogen-bond acceptors (Lipinski definition) is 4. The number of aryl methyl sites for hydroxylation is 3. The van der Waals surface area contributed by atoms with Crippen LogP contribution in [0.1, 0.15) is 30.2 Å². The molecule has 0 saturated heterocycles. The van der Waals surface area contributed by atoms with E-state index >= 15 is 0 Å². The lowest BCUT2D eigenvalue weighted by atomic mass is 10.1. The summed E-state index contributed by atoms with van der Waals surface area (Å²) >= 11 is 0. The molecule has 0 aliphatic heterocycles. The van der Waals surface area contributed by atoms with Gasteiger partial charge in [0.1, 0.15) is 11.5 Å². The Morgan fingerprint density at radius 3 is 2.58 bits per heavy atom. The summed E-state index contributed by atoms with van der Waals surface area (Å²) in [4.78, 5) is 13.5. The molecule has 0 amide bonds. The van der Waals surface area contributed by atoms with Gasteiger partial charge in [0.15, 0.2) is 5.82 Å². The van der Waals surface area contributed by atoms with Crippen LogP contribution < -0.4 is 5.32 Å². The van der Waals surface area contributed by atoms with Gasteiger partial charge in [0, 0.05) is 24.5 Å². The van der Waals surface area contributed by atoms with E-state index in [4.69, 9.17) is 0 Å². The molecule has 0 atom stereocenters. The zero-order valence-electron chi connectivity index (χ0n) is 12.0. The summed E-state index contributed by atoms with van der Waals surface area (Å²) < 4.78 is 0. The second-order valence-corrected chi connectivity index (χ2v) is 4.82. The molecule has 0 aromatic carbocycles. The van der Waals surface area contributed by atoms with E-state index in [0.29, 0.717) is 5.82 Å². The van der Waals surface area contributed by atoms with Crippen LogP contribution in [0, 0.1) is 20.8 Å². The third kappa shape index (κ3) is 3.28. The van der Waals surface area contributed by atoms with Crippen molar-refractivity contribution in [1.29, 1.82) is 0 Å². The van der Waals surface area contributed by atoms with E-state index in [1.54, 1.807) is 0 Å². The van der Waals surface area contributed by atoms with Gasteiger partial charge in [-0.1, -0.05) is 13.0 Å². The van der Waals surface area contributed by atoms with Crippen molar-refractivity contribution < 1.29 is 0 Å². The third-order valence-corrected chi connectivity index (χ3v) is 2.84. The Morgan fingerprint density at radius 1 is 1.11 bits per heavy atom. The Labute approximate surface area is 114 Å². The monoisotopic (exact) mass is 256 g/mol. The van der Waals surface area contributed by atoms with E-state index in [9.17, 15) is 0 Å². The Hall–Kier alpha value is -1.97. The second kappa shape index (κ2) is 5.78. The Balaban J connectivity index is 2.41. The number of anilines is 1. The number of aromatic nitrogens is 3. The van der Waals surface area contributed by atoms with Gasteiger partial charge in [-0.05, 0) is 38.3 Å². The van der Waals surface area contributed by atoms with Crippen molar-refractivity contribution in [3.63, 3.8) is 0 Å². The van der Waals surface area contributed by atoms with Crippen LogP contribution in [0.3, 0.4) is 0 Å². The predicted octanol–water partition coefficient (Wildman–Crippen LogP) is 3.29. The SMILES string of the molecule is CCCNc1cc(C)nc(-c2ncc(C)cc2C)n1. The third-order valence-electron chi connectivity index (χ3n) is 2.84. The van der Waals surface area contributed by atoms with Crippen molar-refractivity contribution in [2.45, 2.75) is 34.1 Å². The van der Waals surface area contributed by atoms with Gasteiger partial charge >= 0.3 is 0 Å². The molecule has 4 heteroatoms. The summed E-state index contributed by atoms with van der Waals surface area (Å²) in [6.07, 6.45) is 2.92. The number of nitrogens with zero attached hydrogens (tertiary/aromatic N) is 3. The normalized spacial score (nSPS) is 10.5. The van der Waals surface area contributed by atoms with Crippen molar-refractivity contribution in [2.75, 3.05) is 11.9 Å². The molecule has 0 saturated carbocycles. The first-order valence-corrected chi connectivity index (χ1v) is 6.63. The zero-order valence-corrected chi connectivity index (χ0v) is 12.0. The molecule has 0 spiro atoms. The smallest absolute Gasteiger partial charge is 0.180 e. The minimum Gasteiger partial charge on any atom is -0.370 e. The van der Waals surface area contributed by atoms with E-state index in [1.807, 2.05) is 33.0 Å². The van der Waals surface area contributed by atoms with E-state index in [2.05, 4.69) is 33.3 Å². The molecule has 100 valence electrons. The summed E-state index contributed by atoms with van der Waals surface area (Å²) in [6.45, 7) is 9.10. The molecule has 2 heterocycles. The minimum absolute atomic E-state index is 0.691. The lowest BCUT2D eigenvalue weighted by molar-refractivity contribution is 0.960. The van der Waals surface area contributed by atoms with Crippen molar-refractivity contribution in [1.82, 2.24) is 15.0 Å². The fraction of sp³-hybridized carbons (Fsp3) is 0.400. The first kappa shape index (κ1) is 13.5. The molecular weight excluding hydrogens is 236 g/mol. The molecule has 4 nitrogen and oxygen atoms in total. The molecule has 2 rings (SSSR count). The summed E-state index contributed by atoms with van der Waals surface area (Å²) in [5.41, 5.74) is 4.06. The molecular formula is C15H20N4. The summed E-state index contributed by atoms with van der Waals surface area (Å²) in [5.74, 6) is 1.56. The molecule has 0 radical (unpaired) electrons. The maximum Gasteiger partial charge on any atom is 0.180 e. The van der Waals surface area contributed by atoms with Gasteiger partial charge < -0.3 is 5.32 Å². The molecule has 1 N–H and O–H groups in total. The van der Waals surface area contributed by atoms with Gasteiger partial charge in [-0.3, -0.25) is 4.98 Å². The van der Waals surface area contributed by atoms with Gasteiger partial charge in [0.25, 0.3) is 0 Å². The summed E-state index contributed by atoms with van der Waals surface area (Å²) in [5, 5.41) is 3.30. The molecule has 0 aliphatic carbocycles. The van der Waals surface area contributed by atoms with E-state index < -0.39 is 0 Å². The van der Waals surface area contributed by atoms with Crippen LogP contribution in [0.5, 0.6) is 0 Å². The highest BCUT2D eigenvalue weighted by Crippen LogP contribution is 2.20. The van der Waals surface area contributed by atoms with Crippen LogP contribution in [-0.2, 0) is 0 Å². The molecule has 2 aromatic heterocycles. The second-order valence-electron chi connectivity index (χ2n) is 4.82. The summed E-state index contributed by atoms with van der Waals surface area (Å²) in [7, 11) is 0. The predicted molar refractivity (Wildman–Crippen MR) is 78.3 cm³/mol. The first-order valence-electron chi connectivity index (χ1n) is 6.63. The number of hydrogen-bond donors (Lipinski definition) is 1. The fourth-order valence-corrected chi connectivity index (χ4v) is 1.97. The van der Waals surface area contributed by atoms with Crippen LogP contribution in [0.25, 0.3) is 11.5 Å². The minimum atomic E-state index is 0.691. The van der Waals surface area contributed by atoms with Crippen LogP contribution in [0.15, 0.2) is 18.3 Å². The van der Waals surface area contributed by atoms with Crippen molar-refractivity contribution in [2.24, 2.45) is 0 Å². The molecule has 0 aliphatic rings. The Kier molecular flexibility index (Phi) is 4.10. The van der Waals surface area contributed by atoms with Crippen molar-refractivity contribution in [3.8, 4) is 11.5 Å². The number of nitrogens with one attached hydrogen (secondary N) is 1. The quantitative estimate of drug-likeness (QED) is 0.912. The number of rotatable bonds is 4. The Bertz CT molecular complexity index is 578. The number of pyridine rings is 1. The van der Waals surface area contributed by atoms with Gasteiger partial charge in [0.05, 0.1) is 0 Å². The van der Waals surface area contributed by atoms with Crippen LogP contribution >= 0.6 is 0 Å². The molecule has 0 bridgehead atoms. The van der Waals surface area contributed by atoms with Gasteiger partial charge in [-0.25, -0.2) is 9.97 Å². The highest BCUT2D eigenvalue weighted by Gasteiger charge is 2.09. The average molecular weight is 256 g/mol. The van der Waals surface area contributed by atoms with Crippen molar-refractivity contribution in [3.05, 3.63) is 35.2 Å². The highest BCUT2D eigenvalue weighted by atomic mass is 15.0. The Morgan fingerprint density at radius 2 is 1.89 bits per heavy atom. The first-order chi connectivity index (χ1) is 9.10. The van der Waals surface area contributed by atoms with Crippen LogP contribution in [0.2, 0.25) is 0 Å². The lowest BCUT2D eigenvalue weighted by Gasteiger charge is -2.09. The molecule has 19 heavy (non-hydrogen) atoms. The fourth-order valence-electron chi connectivity index (χ4n) is 1.97. The zero-order chi connectivity index (χ0) is 13.8. The topological polar surface area (TPSA) is 50.7 Å².